The van der Waals surface area contributed by atoms with Crippen LogP contribution in [0.5, 0.6) is 0 Å². The molecule has 0 spiro atoms. The molecular weight excluding hydrogens is 580 g/mol. The average molecular weight is 628 g/mol. The van der Waals surface area contributed by atoms with Gasteiger partial charge in [-0.3, -0.25) is 19.2 Å². The van der Waals surface area contributed by atoms with Crippen LogP contribution in [-0.4, -0.2) is 141 Å². The first kappa shape index (κ1) is 33.0. The fourth-order valence-electron chi connectivity index (χ4n) is 7.17. The highest BCUT2D eigenvalue weighted by atomic mass is 19.3. The van der Waals surface area contributed by atoms with Crippen molar-refractivity contribution in [2.45, 2.75) is 75.4 Å². The van der Waals surface area contributed by atoms with Crippen molar-refractivity contribution in [2.24, 2.45) is 11.8 Å². The van der Waals surface area contributed by atoms with E-state index in [1.807, 2.05) is 0 Å². The van der Waals surface area contributed by atoms with E-state index >= 15 is 0 Å². The molecule has 2 bridgehead atoms. The number of rotatable bonds is 4. The number of fused-ring (bicyclic) bond motifs is 3. The molecule has 0 unspecified atom stereocenters. The van der Waals surface area contributed by atoms with Crippen molar-refractivity contribution in [3.05, 3.63) is 0 Å². The minimum absolute atomic E-state index is 0.0259. The van der Waals surface area contributed by atoms with Gasteiger partial charge in [-0.2, -0.15) is 0 Å². The molecule has 248 valence electrons. The molecule has 0 aromatic heterocycles. The van der Waals surface area contributed by atoms with Crippen LogP contribution >= 0.6 is 0 Å². The summed E-state index contributed by atoms with van der Waals surface area (Å²) in [4.78, 5) is 58.6. The Morgan fingerprint density at radius 1 is 0.886 bits per heavy atom. The number of ether oxygens (including phenoxy) is 3. The summed E-state index contributed by atoms with van der Waals surface area (Å²) < 4.78 is 43.9. The van der Waals surface area contributed by atoms with Crippen LogP contribution in [0.15, 0.2) is 0 Å². The largest absolute Gasteiger partial charge is 0.378 e. The molecule has 12 nitrogen and oxygen atoms in total. The molecule has 14 heteroatoms. The lowest BCUT2D eigenvalue weighted by molar-refractivity contribution is -0.144. The third-order valence-electron chi connectivity index (χ3n) is 9.74. The summed E-state index contributed by atoms with van der Waals surface area (Å²) >= 11 is 0. The summed E-state index contributed by atoms with van der Waals surface area (Å²) in [5.41, 5.74) is 0. The minimum Gasteiger partial charge on any atom is -0.378 e. The topological polar surface area (TPSA) is 130 Å². The van der Waals surface area contributed by atoms with E-state index in [1.54, 1.807) is 14.7 Å². The lowest BCUT2D eigenvalue weighted by Gasteiger charge is -2.40. The van der Waals surface area contributed by atoms with Gasteiger partial charge in [-0.05, 0) is 37.5 Å². The summed E-state index contributed by atoms with van der Waals surface area (Å²) in [5.74, 6) is -3.61. The quantitative estimate of drug-likeness (QED) is 0.458. The fourth-order valence-corrected chi connectivity index (χ4v) is 7.17. The Balaban J connectivity index is 1.30. The molecule has 4 amide bonds. The van der Waals surface area contributed by atoms with Gasteiger partial charge in [-0.15, -0.1) is 0 Å². The fraction of sp³-hybridized carbons (Fsp3) is 0.867. The highest BCUT2D eigenvalue weighted by Crippen LogP contribution is 2.35. The predicted octanol–water partition coefficient (Wildman–Crippen LogP) is 0.390. The molecule has 1 saturated carbocycles. The zero-order valence-corrected chi connectivity index (χ0v) is 25.5. The van der Waals surface area contributed by atoms with Gasteiger partial charge in [0.05, 0.1) is 33.0 Å². The smallest absolute Gasteiger partial charge is 0.248 e. The third kappa shape index (κ3) is 8.85. The third-order valence-corrected chi connectivity index (χ3v) is 9.74. The second-order valence-corrected chi connectivity index (χ2v) is 12.8. The van der Waals surface area contributed by atoms with Crippen LogP contribution in [0.4, 0.5) is 8.78 Å². The van der Waals surface area contributed by atoms with Crippen LogP contribution < -0.4 is 10.6 Å². The van der Waals surface area contributed by atoms with Crippen molar-refractivity contribution < 1.29 is 42.2 Å². The Bertz CT molecular complexity index is 1020. The number of nitrogens with zero attached hydrogens (tertiary/aromatic N) is 3. The van der Waals surface area contributed by atoms with E-state index in [1.165, 1.54) is 0 Å². The van der Waals surface area contributed by atoms with Gasteiger partial charge in [0.2, 0.25) is 29.6 Å². The Labute approximate surface area is 257 Å². The molecule has 44 heavy (non-hydrogen) atoms. The molecule has 4 aliphatic heterocycles. The lowest BCUT2D eigenvalue weighted by Crippen LogP contribution is -2.50. The lowest BCUT2D eigenvalue weighted by atomic mass is 9.80. The monoisotopic (exact) mass is 627 g/mol. The maximum absolute atomic E-state index is 14.0. The number of carbonyl (C=O) groups is 4. The Morgan fingerprint density at radius 3 is 2.39 bits per heavy atom. The van der Waals surface area contributed by atoms with Gasteiger partial charge in [0, 0.05) is 77.0 Å². The SMILES string of the molecule is O=C1NCCOCCOCC(=O)N2CC[C@@H](CC(=O)N3CCOCC3)[C@@H](CC(=O)N3C[C@@H](NC4CCC(F)(F)CC4)C[C@@H]13)C2. The van der Waals surface area contributed by atoms with E-state index in [0.717, 1.165) is 0 Å². The van der Waals surface area contributed by atoms with Crippen LogP contribution in [0.3, 0.4) is 0 Å². The first-order chi connectivity index (χ1) is 21.2. The predicted molar refractivity (Wildman–Crippen MR) is 154 cm³/mol. The molecule has 4 heterocycles. The molecule has 1 aliphatic carbocycles. The standard InChI is InChI=1S/C30H47F2N5O7/c31-30(32)4-1-23(2-5-30)34-24-17-25-29(41)33-6-10-42-13-14-44-20-28(40)36-7-3-21(15-26(38)35-8-11-43-12-9-35)22(18-36)16-27(39)37(25)19-24/h21-25,34H,1-20H2,(H,33,41)/t21-,22-,24-,25-/m0/s1. The van der Waals surface area contributed by atoms with E-state index < -0.39 is 12.0 Å². The number of hydrogen-bond acceptors (Lipinski definition) is 8. The number of piperidine rings is 1. The van der Waals surface area contributed by atoms with E-state index in [9.17, 15) is 28.0 Å². The van der Waals surface area contributed by atoms with Gasteiger partial charge in [-0.25, -0.2) is 8.78 Å². The Kier molecular flexibility index (Phi) is 11.4. The first-order valence-electron chi connectivity index (χ1n) is 16.2. The number of halogens is 2. The summed E-state index contributed by atoms with van der Waals surface area (Å²) in [7, 11) is 0. The van der Waals surface area contributed by atoms with Gasteiger partial charge in [0.25, 0.3) is 0 Å². The highest BCUT2D eigenvalue weighted by molar-refractivity contribution is 5.88. The molecule has 2 N–H and O–H groups in total. The van der Waals surface area contributed by atoms with E-state index in [4.69, 9.17) is 14.2 Å². The number of morpholine rings is 1. The molecule has 0 radical (unpaired) electrons. The number of carbonyl (C=O) groups excluding carboxylic acids is 4. The van der Waals surface area contributed by atoms with E-state index in [0.29, 0.717) is 71.6 Å². The molecular formula is C30H47F2N5O7. The van der Waals surface area contributed by atoms with Gasteiger partial charge in [0.1, 0.15) is 12.6 Å². The van der Waals surface area contributed by atoms with Gasteiger partial charge in [-0.1, -0.05) is 0 Å². The van der Waals surface area contributed by atoms with Gasteiger partial charge in [0.15, 0.2) is 0 Å². The second-order valence-electron chi connectivity index (χ2n) is 12.8. The van der Waals surface area contributed by atoms with Crippen molar-refractivity contribution in [3.8, 4) is 0 Å². The summed E-state index contributed by atoms with van der Waals surface area (Å²) in [6.07, 6.45) is 1.71. The summed E-state index contributed by atoms with van der Waals surface area (Å²) in [5, 5.41) is 6.33. The zero-order chi connectivity index (χ0) is 31.1. The van der Waals surface area contributed by atoms with Crippen LogP contribution in [-0.2, 0) is 33.4 Å². The van der Waals surface area contributed by atoms with Crippen molar-refractivity contribution >= 4 is 23.6 Å². The van der Waals surface area contributed by atoms with Crippen LogP contribution in [0.1, 0.15) is 51.4 Å². The number of amides is 4. The van der Waals surface area contributed by atoms with Gasteiger partial charge >= 0.3 is 0 Å². The molecule has 0 aromatic rings. The van der Waals surface area contributed by atoms with Gasteiger partial charge < -0.3 is 39.5 Å². The number of nitrogens with one attached hydrogen (secondary N) is 2. The Morgan fingerprint density at radius 2 is 1.61 bits per heavy atom. The van der Waals surface area contributed by atoms with Crippen LogP contribution in [0.25, 0.3) is 0 Å². The molecule has 4 atom stereocenters. The van der Waals surface area contributed by atoms with Crippen molar-refractivity contribution in [2.75, 3.05) is 78.9 Å². The molecule has 5 rings (SSSR count). The average Bonchev–Trinajstić information content (AvgIpc) is 3.44. The molecule has 4 saturated heterocycles. The maximum atomic E-state index is 14.0. The van der Waals surface area contributed by atoms with Crippen LogP contribution in [0, 0.1) is 11.8 Å². The van der Waals surface area contributed by atoms with Crippen LogP contribution in [0.2, 0.25) is 0 Å². The zero-order valence-electron chi connectivity index (χ0n) is 25.5. The van der Waals surface area contributed by atoms with E-state index in [-0.39, 0.29) is 106 Å². The highest BCUT2D eigenvalue weighted by Gasteiger charge is 2.43. The van der Waals surface area contributed by atoms with E-state index in [2.05, 4.69) is 10.6 Å². The first-order valence-corrected chi connectivity index (χ1v) is 16.2. The Hall–Kier alpha value is -2.42. The maximum Gasteiger partial charge on any atom is 0.248 e. The van der Waals surface area contributed by atoms with Crippen molar-refractivity contribution in [3.63, 3.8) is 0 Å². The second kappa shape index (κ2) is 15.2. The summed E-state index contributed by atoms with van der Waals surface area (Å²) in [6.45, 7) is 4.12. The minimum atomic E-state index is -2.64. The number of hydrogen-bond donors (Lipinski definition) is 2. The number of alkyl halides is 2. The van der Waals surface area contributed by atoms with Crippen molar-refractivity contribution in [1.82, 2.24) is 25.3 Å². The van der Waals surface area contributed by atoms with Crippen molar-refractivity contribution in [1.29, 1.82) is 0 Å². The summed E-state index contributed by atoms with van der Waals surface area (Å²) in [6, 6.07) is -1.000. The molecule has 5 aliphatic rings. The molecule has 0 aromatic carbocycles. The molecule has 5 fully saturated rings. The normalized spacial score (nSPS) is 31.8.